The van der Waals surface area contributed by atoms with Crippen LogP contribution in [0, 0.1) is 15.9 Å². The molecule has 1 aromatic carbocycles. The molecule has 0 spiro atoms. The lowest BCUT2D eigenvalue weighted by Gasteiger charge is -2.23. The van der Waals surface area contributed by atoms with Crippen molar-refractivity contribution in [2.24, 2.45) is 0 Å². The topological polar surface area (TPSA) is 119 Å². The third-order valence-corrected chi connectivity index (χ3v) is 3.19. The van der Waals surface area contributed by atoms with Gasteiger partial charge in [-0.25, -0.2) is 4.79 Å². The normalized spacial score (nSPS) is 21.0. The van der Waals surface area contributed by atoms with E-state index in [1.165, 1.54) is 0 Å². The van der Waals surface area contributed by atoms with E-state index in [4.69, 9.17) is 4.74 Å². The van der Waals surface area contributed by atoms with E-state index in [9.17, 15) is 29.2 Å². The maximum absolute atomic E-state index is 13.2. The van der Waals surface area contributed by atoms with Gasteiger partial charge in [0.05, 0.1) is 11.5 Å². The first-order valence-electron chi connectivity index (χ1n) is 5.93. The Hall–Kier alpha value is -2.55. The molecule has 0 radical (unpaired) electrons. The van der Waals surface area contributed by atoms with E-state index >= 15 is 0 Å². The molecule has 0 saturated carbocycles. The van der Waals surface area contributed by atoms with Crippen LogP contribution in [0.4, 0.5) is 10.1 Å². The number of nitrogens with zero attached hydrogens (tertiary/aromatic N) is 1. The Balaban J connectivity index is 2.26. The second kappa shape index (κ2) is 5.44. The van der Waals surface area contributed by atoms with Crippen LogP contribution in [-0.2, 0) is 9.53 Å². The van der Waals surface area contributed by atoms with Crippen molar-refractivity contribution in [2.45, 2.75) is 12.0 Å². The molecular formula is C12H11FN2O6. The van der Waals surface area contributed by atoms with Crippen LogP contribution in [0.1, 0.15) is 16.8 Å². The predicted octanol–water partition coefficient (Wildman–Crippen LogP) is 0.707. The maximum atomic E-state index is 13.2. The second-order valence-corrected chi connectivity index (χ2v) is 4.57. The van der Waals surface area contributed by atoms with E-state index in [1.807, 2.05) is 0 Å². The van der Waals surface area contributed by atoms with Gasteiger partial charge < -0.3 is 15.2 Å². The molecule has 1 saturated heterocycles. The van der Waals surface area contributed by atoms with Gasteiger partial charge in [0, 0.05) is 24.7 Å². The highest BCUT2D eigenvalue weighted by Crippen LogP contribution is 2.22. The fourth-order valence-electron chi connectivity index (χ4n) is 1.97. The number of nitro groups is 1. The van der Waals surface area contributed by atoms with Crippen LogP contribution in [-0.4, -0.2) is 40.7 Å². The molecule has 2 N–H and O–H groups in total. The molecule has 9 heteroatoms. The molecule has 112 valence electrons. The minimum absolute atomic E-state index is 0.0807. The van der Waals surface area contributed by atoms with Gasteiger partial charge in [0.15, 0.2) is 5.54 Å². The van der Waals surface area contributed by atoms with E-state index in [-0.39, 0.29) is 25.2 Å². The van der Waals surface area contributed by atoms with E-state index in [0.717, 1.165) is 18.2 Å². The summed E-state index contributed by atoms with van der Waals surface area (Å²) in [7, 11) is 0. The number of aliphatic carboxylic acids is 1. The SMILES string of the molecule is O=C(NC1(C(=O)O)CCOC1)c1ccc(F)c([N+](=O)[O-])c1. The van der Waals surface area contributed by atoms with Crippen LogP contribution in [0.3, 0.4) is 0 Å². The molecule has 0 aliphatic carbocycles. The molecule has 1 aromatic rings. The molecule has 1 amide bonds. The second-order valence-electron chi connectivity index (χ2n) is 4.57. The van der Waals surface area contributed by atoms with Gasteiger partial charge in [-0.1, -0.05) is 0 Å². The molecule has 1 atom stereocenters. The number of benzene rings is 1. The molecule has 1 fully saturated rings. The highest BCUT2D eigenvalue weighted by Gasteiger charge is 2.44. The smallest absolute Gasteiger partial charge is 0.331 e. The zero-order valence-corrected chi connectivity index (χ0v) is 10.7. The van der Waals surface area contributed by atoms with E-state index < -0.39 is 33.8 Å². The monoisotopic (exact) mass is 298 g/mol. The lowest BCUT2D eigenvalue weighted by Crippen LogP contribution is -2.55. The molecule has 21 heavy (non-hydrogen) atoms. The largest absolute Gasteiger partial charge is 0.479 e. The molecule has 1 unspecified atom stereocenters. The number of hydrogen-bond donors (Lipinski definition) is 2. The van der Waals surface area contributed by atoms with Crippen LogP contribution >= 0.6 is 0 Å². The molecule has 2 rings (SSSR count). The van der Waals surface area contributed by atoms with Crippen LogP contribution in [0.15, 0.2) is 18.2 Å². The van der Waals surface area contributed by atoms with Gasteiger partial charge in [-0.15, -0.1) is 0 Å². The number of hydrogen-bond acceptors (Lipinski definition) is 5. The zero-order chi connectivity index (χ0) is 15.6. The third-order valence-electron chi connectivity index (χ3n) is 3.19. The standard InChI is InChI=1S/C12H11FN2O6/c13-8-2-1-7(5-9(8)15(19)20)10(16)14-12(11(17)18)3-4-21-6-12/h1-2,5H,3-4,6H2,(H,14,16)(H,17,18). The minimum Gasteiger partial charge on any atom is -0.479 e. The number of rotatable bonds is 4. The summed E-state index contributed by atoms with van der Waals surface area (Å²) in [6.07, 6.45) is 0.0807. The Bertz CT molecular complexity index is 612. The Morgan fingerprint density at radius 3 is 2.71 bits per heavy atom. The molecule has 1 aliphatic heterocycles. The molecule has 0 bridgehead atoms. The summed E-state index contributed by atoms with van der Waals surface area (Å²) < 4.78 is 18.2. The highest BCUT2D eigenvalue weighted by molar-refractivity contribution is 5.98. The summed E-state index contributed by atoms with van der Waals surface area (Å²) in [5, 5.41) is 22.1. The summed E-state index contributed by atoms with van der Waals surface area (Å²) in [4.78, 5) is 32.9. The van der Waals surface area contributed by atoms with Crippen molar-refractivity contribution in [3.8, 4) is 0 Å². The number of carboxylic acids is 1. The van der Waals surface area contributed by atoms with Crippen LogP contribution in [0.2, 0.25) is 0 Å². The first kappa shape index (κ1) is 14.9. The molecule has 0 aromatic heterocycles. The first-order valence-corrected chi connectivity index (χ1v) is 5.93. The number of nitro benzene ring substituents is 1. The lowest BCUT2D eigenvalue weighted by atomic mass is 9.98. The molecular weight excluding hydrogens is 287 g/mol. The summed E-state index contributed by atoms with van der Waals surface area (Å²) >= 11 is 0. The Labute approximate surface area is 117 Å². The predicted molar refractivity (Wildman–Crippen MR) is 66.3 cm³/mol. The minimum atomic E-state index is -1.57. The van der Waals surface area contributed by atoms with E-state index in [2.05, 4.69) is 5.32 Å². The van der Waals surface area contributed by atoms with Gasteiger partial charge in [0.2, 0.25) is 5.82 Å². The molecule has 1 heterocycles. The van der Waals surface area contributed by atoms with Crippen molar-refractivity contribution < 1.29 is 28.7 Å². The average molecular weight is 298 g/mol. The third kappa shape index (κ3) is 2.82. The number of carbonyl (C=O) groups excluding carboxylic acids is 1. The van der Waals surface area contributed by atoms with Gasteiger partial charge in [-0.3, -0.25) is 14.9 Å². The lowest BCUT2D eigenvalue weighted by molar-refractivity contribution is -0.387. The van der Waals surface area contributed by atoms with Crippen molar-refractivity contribution >= 4 is 17.6 Å². The Kier molecular flexibility index (Phi) is 3.85. The first-order chi connectivity index (χ1) is 9.85. The van der Waals surface area contributed by atoms with Crippen molar-refractivity contribution in [1.29, 1.82) is 0 Å². The number of carbonyl (C=O) groups is 2. The van der Waals surface area contributed by atoms with Crippen molar-refractivity contribution in [2.75, 3.05) is 13.2 Å². The number of carboxylic acid groups (broad SMARTS) is 1. The van der Waals surface area contributed by atoms with Gasteiger partial charge >= 0.3 is 11.7 Å². The number of halogens is 1. The highest BCUT2D eigenvalue weighted by atomic mass is 19.1. The summed E-state index contributed by atoms with van der Waals surface area (Å²) in [5.74, 6) is -3.18. The van der Waals surface area contributed by atoms with E-state index in [0.29, 0.717) is 0 Å². The number of nitrogens with one attached hydrogen (secondary N) is 1. The average Bonchev–Trinajstić information content (AvgIpc) is 2.88. The zero-order valence-electron chi connectivity index (χ0n) is 10.7. The Morgan fingerprint density at radius 1 is 1.48 bits per heavy atom. The summed E-state index contributed by atoms with van der Waals surface area (Å²) in [6.45, 7) is -0.0203. The van der Waals surface area contributed by atoms with Crippen LogP contribution in [0.5, 0.6) is 0 Å². The summed E-state index contributed by atoms with van der Waals surface area (Å²) in [6, 6.07) is 2.59. The number of amides is 1. The summed E-state index contributed by atoms with van der Waals surface area (Å²) in [5.41, 5.74) is -2.62. The van der Waals surface area contributed by atoms with Crippen LogP contribution < -0.4 is 5.32 Å². The molecule has 8 nitrogen and oxygen atoms in total. The van der Waals surface area contributed by atoms with Crippen molar-refractivity contribution in [3.63, 3.8) is 0 Å². The van der Waals surface area contributed by atoms with Crippen LogP contribution in [0.25, 0.3) is 0 Å². The maximum Gasteiger partial charge on any atom is 0.331 e. The van der Waals surface area contributed by atoms with Gasteiger partial charge in [0.1, 0.15) is 0 Å². The van der Waals surface area contributed by atoms with Crippen molar-refractivity contribution in [1.82, 2.24) is 5.32 Å². The number of ether oxygens (including phenoxy) is 1. The van der Waals surface area contributed by atoms with E-state index in [1.54, 1.807) is 0 Å². The van der Waals surface area contributed by atoms with Gasteiger partial charge in [-0.2, -0.15) is 4.39 Å². The van der Waals surface area contributed by atoms with Crippen molar-refractivity contribution in [3.05, 3.63) is 39.7 Å². The molecule has 1 aliphatic rings. The van der Waals surface area contributed by atoms with Gasteiger partial charge in [0.25, 0.3) is 5.91 Å². The van der Waals surface area contributed by atoms with Gasteiger partial charge in [-0.05, 0) is 12.1 Å². The Morgan fingerprint density at radius 2 is 2.19 bits per heavy atom. The quantitative estimate of drug-likeness (QED) is 0.624. The fourth-order valence-corrected chi connectivity index (χ4v) is 1.97. The fraction of sp³-hybridized carbons (Fsp3) is 0.333.